The van der Waals surface area contributed by atoms with Gasteiger partial charge < -0.3 is 11.1 Å². The maximum absolute atomic E-state index is 13.0. The van der Waals surface area contributed by atoms with Gasteiger partial charge in [-0.2, -0.15) is 0 Å². The van der Waals surface area contributed by atoms with Gasteiger partial charge in [0.25, 0.3) is 0 Å². The van der Waals surface area contributed by atoms with E-state index >= 15 is 0 Å². The largest absolute Gasteiger partial charge is 0.327 e. The van der Waals surface area contributed by atoms with Crippen molar-refractivity contribution < 1.29 is 9.18 Å². The van der Waals surface area contributed by atoms with Crippen molar-refractivity contribution in [2.24, 2.45) is 11.7 Å². The van der Waals surface area contributed by atoms with Gasteiger partial charge in [-0.15, -0.1) is 0 Å². The molecule has 0 bridgehead atoms. The Balaban J connectivity index is 2.65. The van der Waals surface area contributed by atoms with E-state index in [0.29, 0.717) is 5.02 Å². The molecule has 3 nitrogen and oxygen atoms in total. The lowest BCUT2D eigenvalue weighted by atomic mass is 10.0. The summed E-state index contributed by atoms with van der Waals surface area (Å²) in [6.07, 6.45) is 0.185. The van der Waals surface area contributed by atoms with Gasteiger partial charge in [-0.3, -0.25) is 4.79 Å². The van der Waals surface area contributed by atoms with E-state index in [-0.39, 0.29) is 30.0 Å². The summed E-state index contributed by atoms with van der Waals surface area (Å²) >= 11 is 5.83. The second-order valence-electron chi connectivity index (χ2n) is 4.28. The Morgan fingerprint density at radius 2 is 2.18 bits per heavy atom. The molecule has 0 saturated heterocycles. The fourth-order valence-electron chi connectivity index (χ4n) is 1.24. The fourth-order valence-corrected chi connectivity index (χ4v) is 1.41. The van der Waals surface area contributed by atoms with Crippen LogP contribution < -0.4 is 11.1 Å². The van der Waals surface area contributed by atoms with Crippen LogP contribution in [-0.2, 0) is 4.79 Å². The molecule has 5 heteroatoms. The smallest absolute Gasteiger partial charge is 0.225 e. The molecule has 1 aromatic carbocycles. The molecule has 1 atom stereocenters. The third-order valence-corrected chi connectivity index (χ3v) is 2.81. The number of halogens is 2. The summed E-state index contributed by atoms with van der Waals surface area (Å²) < 4.78 is 13.0. The first-order valence-corrected chi connectivity index (χ1v) is 5.78. The molecule has 0 saturated carbocycles. The van der Waals surface area contributed by atoms with Crippen molar-refractivity contribution in [3.8, 4) is 0 Å². The van der Waals surface area contributed by atoms with Gasteiger partial charge >= 0.3 is 0 Å². The maximum atomic E-state index is 13.0. The van der Waals surface area contributed by atoms with Crippen molar-refractivity contribution in [3.63, 3.8) is 0 Å². The first-order chi connectivity index (χ1) is 7.90. The molecule has 17 heavy (non-hydrogen) atoms. The molecule has 3 N–H and O–H groups in total. The number of hydrogen-bond acceptors (Lipinski definition) is 2. The predicted octanol–water partition coefficient (Wildman–Crippen LogP) is 2.79. The van der Waals surface area contributed by atoms with Crippen LogP contribution in [0.5, 0.6) is 0 Å². The van der Waals surface area contributed by atoms with Crippen LogP contribution in [-0.4, -0.2) is 11.9 Å². The number of amides is 1. The van der Waals surface area contributed by atoms with Crippen molar-refractivity contribution in [3.05, 3.63) is 29.0 Å². The minimum absolute atomic E-state index is 0.185. The summed E-state index contributed by atoms with van der Waals surface area (Å²) in [6, 6.07) is 3.59. The molecule has 0 aliphatic rings. The Morgan fingerprint density at radius 3 is 2.76 bits per heavy atom. The van der Waals surface area contributed by atoms with Crippen LogP contribution in [0.25, 0.3) is 0 Å². The number of nitrogens with one attached hydrogen (secondary N) is 1. The van der Waals surface area contributed by atoms with Crippen LogP contribution in [0.2, 0.25) is 5.02 Å². The summed E-state index contributed by atoms with van der Waals surface area (Å²) in [6.45, 7) is 3.88. The SMILES string of the molecule is CC(C)C(N)CC(=O)Nc1cc(F)ccc1Cl. The Kier molecular flexibility index (Phi) is 4.90. The van der Waals surface area contributed by atoms with Crippen molar-refractivity contribution in [1.82, 2.24) is 0 Å². The highest BCUT2D eigenvalue weighted by molar-refractivity contribution is 6.33. The minimum atomic E-state index is -0.446. The normalized spacial score (nSPS) is 12.6. The first kappa shape index (κ1) is 13.9. The van der Waals surface area contributed by atoms with Gasteiger partial charge in [-0.25, -0.2) is 4.39 Å². The standard InChI is InChI=1S/C12H16ClFN2O/c1-7(2)10(15)6-12(17)16-11-5-8(14)3-4-9(11)13/h3-5,7,10H,6,15H2,1-2H3,(H,16,17). The molecule has 0 aliphatic heterocycles. The van der Waals surface area contributed by atoms with Crippen LogP contribution in [0.4, 0.5) is 10.1 Å². The minimum Gasteiger partial charge on any atom is -0.327 e. The highest BCUT2D eigenvalue weighted by atomic mass is 35.5. The summed E-state index contributed by atoms with van der Waals surface area (Å²) in [4.78, 5) is 11.6. The average molecular weight is 259 g/mol. The number of hydrogen-bond donors (Lipinski definition) is 2. The monoisotopic (exact) mass is 258 g/mol. The molecule has 0 spiro atoms. The number of carbonyl (C=O) groups is 1. The molecular formula is C12H16ClFN2O. The maximum Gasteiger partial charge on any atom is 0.225 e. The summed E-state index contributed by atoms with van der Waals surface area (Å²) in [5, 5.41) is 2.85. The van der Waals surface area contributed by atoms with E-state index in [1.807, 2.05) is 13.8 Å². The number of rotatable bonds is 4. The third-order valence-electron chi connectivity index (χ3n) is 2.48. The average Bonchev–Trinajstić information content (AvgIpc) is 2.23. The summed E-state index contributed by atoms with van der Waals surface area (Å²) in [5.41, 5.74) is 6.04. The van der Waals surface area contributed by atoms with Crippen LogP contribution in [0.3, 0.4) is 0 Å². The lowest BCUT2D eigenvalue weighted by Crippen LogP contribution is -2.31. The highest BCUT2D eigenvalue weighted by Gasteiger charge is 2.14. The molecule has 1 amide bonds. The zero-order valence-electron chi connectivity index (χ0n) is 9.84. The molecule has 94 valence electrons. The first-order valence-electron chi connectivity index (χ1n) is 5.40. The van der Waals surface area contributed by atoms with E-state index < -0.39 is 5.82 Å². The summed E-state index contributed by atoms with van der Waals surface area (Å²) in [5.74, 6) is -0.500. The van der Waals surface area contributed by atoms with Crippen LogP contribution >= 0.6 is 11.6 Å². The fraction of sp³-hybridized carbons (Fsp3) is 0.417. The lowest BCUT2D eigenvalue weighted by molar-refractivity contribution is -0.116. The zero-order valence-corrected chi connectivity index (χ0v) is 10.6. The lowest BCUT2D eigenvalue weighted by Gasteiger charge is -2.15. The second-order valence-corrected chi connectivity index (χ2v) is 4.69. The van der Waals surface area contributed by atoms with Crippen molar-refractivity contribution in [1.29, 1.82) is 0 Å². The van der Waals surface area contributed by atoms with Gasteiger partial charge in [0.1, 0.15) is 5.82 Å². The van der Waals surface area contributed by atoms with E-state index in [9.17, 15) is 9.18 Å². The predicted molar refractivity (Wildman–Crippen MR) is 67.5 cm³/mol. The van der Waals surface area contributed by atoms with Gasteiger partial charge in [-0.05, 0) is 24.1 Å². The van der Waals surface area contributed by atoms with E-state index in [1.54, 1.807) is 0 Å². The van der Waals surface area contributed by atoms with Crippen molar-refractivity contribution >= 4 is 23.2 Å². The Morgan fingerprint density at radius 1 is 1.53 bits per heavy atom. The van der Waals surface area contributed by atoms with Gasteiger partial charge in [0.15, 0.2) is 0 Å². The Labute approximate surface area is 105 Å². The summed E-state index contributed by atoms with van der Waals surface area (Å²) in [7, 11) is 0. The van der Waals surface area contributed by atoms with E-state index in [4.69, 9.17) is 17.3 Å². The molecule has 0 aromatic heterocycles. The number of benzene rings is 1. The molecule has 1 unspecified atom stereocenters. The molecule has 0 aliphatic carbocycles. The number of nitrogens with two attached hydrogens (primary N) is 1. The molecule has 1 aromatic rings. The van der Waals surface area contributed by atoms with Gasteiger partial charge in [0, 0.05) is 12.5 Å². The quantitative estimate of drug-likeness (QED) is 0.873. The molecule has 0 radical (unpaired) electrons. The topological polar surface area (TPSA) is 55.1 Å². The number of anilines is 1. The van der Waals surface area contributed by atoms with E-state index in [1.165, 1.54) is 18.2 Å². The zero-order chi connectivity index (χ0) is 13.0. The highest BCUT2D eigenvalue weighted by Crippen LogP contribution is 2.22. The molecule has 0 fully saturated rings. The molecule has 1 rings (SSSR count). The van der Waals surface area contributed by atoms with E-state index in [0.717, 1.165) is 0 Å². The van der Waals surface area contributed by atoms with Gasteiger partial charge in [0.05, 0.1) is 10.7 Å². The second kappa shape index (κ2) is 5.98. The Bertz CT molecular complexity index is 409. The van der Waals surface area contributed by atoms with Crippen LogP contribution in [0, 0.1) is 11.7 Å². The third kappa shape index (κ3) is 4.32. The van der Waals surface area contributed by atoms with Crippen molar-refractivity contribution in [2.45, 2.75) is 26.3 Å². The van der Waals surface area contributed by atoms with Crippen LogP contribution in [0.1, 0.15) is 20.3 Å². The molecule has 0 heterocycles. The van der Waals surface area contributed by atoms with Gasteiger partial charge in [-0.1, -0.05) is 25.4 Å². The Hall–Kier alpha value is -1.13. The molecular weight excluding hydrogens is 243 g/mol. The van der Waals surface area contributed by atoms with Gasteiger partial charge in [0.2, 0.25) is 5.91 Å². The van der Waals surface area contributed by atoms with E-state index in [2.05, 4.69) is 5.32 Å². The number of carbonyl (C=O) groups excluding carboxylic acids is 1. The van der Waals surface area contributed by atoms with Crippen LogP contribution in [0.15, 0.2) is 18.2 Å². The van der Waals surface area contributed by atoms with Crippen molar-refractivity contribution in [2.75, 3.05) is 5.32 Å².